The molecule has 0 aliphatic carbocycles. The van der Waals surface area contributed by atoms with Crippen molar-refractivity contribution < 1.29 is 22.4 Å². The second kappa shape index (κ2) is 11.8. The van der Waals surface area contributed by atoms with Crippen LogP contribution >= 0.6 is 0 Å². The molecule has 0 spiro atoms. The third kappa shape index (κ3) is 6.46. The van der Waals surface area contributed by atoms with Crippen LogP contribution in [-0.2, 0) is 13.2 Å². The molecule has 2 heterocycles. The molecule has 0 saturated carbocycles. The van der Waals surface area contributed by atoms with E-state index in [0.717, 1.165) is 17.8 Å². The molecule has 2 aromatic carbocycles. The van der Waals surface area contributed by atoms with Crippen molar-refractivity contribution in [3.8, 4) is 0 Å². The van der Waals surface area contributed by atoms with E-state index in [2.05, 4.69) is 15.3 Å². The maximum absolute atomic E-state index is 15.1. The lowest BCUT2D eigenvalue weighted by Crippen LogP contribution is -2.46. The number of likely N-dealkylation sites (N-methyl/N-ethyl adjacent to an activating group) is 1. The zero-order valence-corrected chi connectivity index (χ0v) is 23.4. The molecule has 5 N–H and O–H groups in total. The normalized spacial score (nSPS) is 14.9. The van der Waals surface area contributed by atoms with E-state index in [0.29, 0.717) is 49.2 Å². The van der Waals surface area contributed by atoms with Gasteiger partial charge < -0.3 is 20.9 Å². The summed E-state index contributed by atoms with van der Waals surface area (Å²) >= 11 is 0. The third-order valence-corrected chi connectivity index (χ3v) is 7.35. The van der Waals surface area contributed by atoms with Crippen molar-refractivity contribution in [3.05, 3.63) is 76.5 Å². The van der Waals surface area contributed by atoms with Gasteiger partial charge in [-0.1, -0.05) is 13.0 Å². The molecule has 1 fully saturated rings. The zero-order valence-electron chi connectivity index (χ0n) is 23.4. The number of amides is 1. The third-order valence-electron chi connectivity index (χ3n) is 7.35. The summed E-state index contributed by atoms with van der Waals surface area (Å²) < 4.78 is 58.1. The fourth-order valence-electron chi connectivity index (χ4n) is 4.72. The molecule has 1 aliphatic rings. The Labute approximate surface area is 236 Å². The fourth-order valence-corrected chi connectivity index (χ4v) is 4.72. The highest BCUT2D eigenvalue weighted by atomic mass is 19.4. The molecule has 3 aromatic rings. The largest absolute Gasteiger partial charge is 0.419 e. The summed E-state index contributed by atoms with van der Waals surface area (Å²) in [6, 6.07) is 6.59. The minimum Gasteiger partial charge on any atom is -0.397 e. The Bertz CT molecular complexity index is 1460. The maximum atomic E-state index is 15.1. The molecular weight excluding hydrogens is 540 g/mol. The van der Waals surface area contributed by atoms with E-state index in [1.54, 1.807) is 47.9 Å². The number of anilines is 3. The van der Waals surface area contributed by atoms with Gasteiger partial charge in [-0.2, -0.15) is 18.3 Å². The van der Waals surface area contributed by atoms with Crippen molar-refractivity contribution >= 4 is 28.7 Å². The molecule has 220 valence electrons. The van der Waals surface area contributed by atoms with E-state index >= 15 is 4.39 Å². The summed E-state index contributed by atoms with van der Waals surface area (Å²) in [5.74, 6) is 4.07. The van der Waals surface area contributed by atoms with Gasteiger partial charge in [-0.25, -0.2) is 10.2 Å². The number of aromatic nitrogens is 2. The number of alkyl halides is 3. The van der Waals surface area contributed by atoms with Crippen molar-refractivity contribution in [2.45, 2.75) is 26.9 Å². The van der Waals surface area contributed by atoms with Gasteiger partial charge in [0.25, 0.3) is 5.91 Å². The predicted octanol–water partition coefficient (Wildman–Crippen LogP) is 4.23. The number of hydrogen-bond acceptors (Lipinski definition) is 7. The molecule has 0 unspecified atom stereocenters. The van der Waals surface area contributed by atoms with Crippen LogP contribution in [0.5, 0.6) is 0 Å². The fraction of sp³-hybridized carbons (Fsp3) is 0.357. The Morgan fingerprint density at radius 2 is 1.83 bits per heavy atom. The minimum absolute atomic E-state index is 0.246. The molecular formula is C28H34F4N8O. The smallest absolute Gasteiger partial charge is 0.397 e. The van der Waals surface area contributed by atoms with Crippen molar-refractivity contribution in [2.75, 3.05) is 47.9 Å². The monoisotopic (exact) mass is 574 g/mol. The van der Waals surface area contributed by atoms with Crippen LogP contribution in [0.1, 0.15) is 39.7 Å². The minimum atomic E-state index is -4.98. The number of hydrazine groups is 1. The van der Waals surface area contributed by atoms with E-state index < -0.39 is 23.5 Å². The van der Waals surface area contributed by atoms with Crippen LogP contribution in [-0.4, -0.2) is 53.3 Å². The lowest BCUT2D eigenvalue weighted by Gasteiger charge is -2.36. The van der Waals surface area contributed by atoms with Gasteiger partial charge in [-0.15, -0.1) is 0 Å². The van der Waals surface area contributed by atoms with Crippen molar-refractivity contribution in [1.82, 2.24) is 14.7 Å². The number of halogens is 4. The molecule has 1 amide bonds. The topological polar surface area (TPSA) is 109 Å². The number of nitrogens with one attached hydrogen (secondary N) is 1. The van der Waals surface area contributed by atoms with Gasteiger partial charge in [0.05, 0.1) is 28.8 Å². The molecule has 0 bridgehead atoms. The average molecular weight is 575 g/mol. The molecule has 9 nitrogen and oxygen atoms in total. The Morgan fingerprint density at radius 1 is 1.15 bits per heavy atom. The number of nitrogens with two attached hydrogens (primary N) is 2. The second-order valence-corrected chi connectivity index (χ2v) is 9.99. The first kappa shape index (κ1) is 29.9. The summed E-state index contributed by atoms with van der Waals surface area (Å²) in [5, 5.41) is 8.08. The molecule has 4 rings (SSSR count). The van der Waals surface area contributed by atoms with Crippen molar-refractivity contribution in [2.24, 2.45) is 18.6 Å². The lowest BCUT2D eigenvalue weighted by atomic mass is 10.1. The van der Waals surface area contributed by atoms with Crippen LogP contribution in [0.3, 0.4) is 0 Å². The SMILES string of the molecule is CCN1CCN(c2cc(C(=O)Nc3ccc(C)c(N(N)/C=C(\N)c4cnn(C)c4C)c3)cc(C(F)(F)F)c2F)CC1. The predicted molar refractivity (Wildman–Crippen MR) is 152 cm³/mol. The molecule has 0 atom stereocenters. The van der Waals surface area contributed by atoms with Gasteiger partial charge in [0.1, 0.15) is 0 Å². The molecule has 0 radical (unpaired) electrons. The van der Waals surface area contributed by atoms with Gasteiger partial charge in [0, 0.05) is 61.9 Å². The highest BCUT2D eigenvalue weighted by Gasteiger charge is 2.37. The van der Waals surface area contributed by atoms with E-state index in [1.165, 1.54) is 17.3 Å². The first-order valence-electron chi connectivity index (χ1n) is 13.1. The first-order valence-corrected chi connectivity index (χ1v) is 13.1. The van der Waals surface area contributed by atoms with E-state index in [-0.39, 0.29) is 16.9 Å². The molecule has 1 aromatic heterocycles. The quantitative estimate of drug-likeness (QED) is 0.220. The van der Waals surface area contributed by atoms with Gasteiger partial charge in [0.2, 0.25) is 0 Å². The number of rotatable bonds is 7. The van der Waals surface area contributed by atoms with Crippen LogP contribution < -0.4 is 26.8 Å². The summed E-state index contributed by atoms with van der Waals surface area (Å²) in [4.78, 5) is 16.9. The molecule has 13 heteroatoms. The molecule has 1 saturated heterocycles. The maximum Gasteiger partial charge on any atom is 0.419 e. The molecule has 41 heavy (non-hydrogen) atoms. The van der Waals surface area contributed by atoms with Crippen LogP contribution in [0.15, 0.2) is 42.7 Å². The number of nitrogens with zero attached hydrogens (tertiary/aromatic N) is 5. The Balaban J connectivity index is 1.61. The van der Waals surface area contributed by atoms with Gasteiger partial charge in [-0.05, 0) is 50.2 Å². The number of carbonyl (C=O) groups excluding carboxylic acids is 1. The number of hydrogen-bond donors (Lipinski definition) is 3. The average Bonchev–Trinajstić information content (AvgIpc) is 3.27. The van der Waals surface area contributed by atoms with E-state index in [9.17, 15) is 18.0 Å². The number of piperazine rings is 1. The van der Waals surface area contributed by atoms with Gasteiger partial charge in [0.15, 0.2) is 5.82 Å². The van der Waals surface area contributed by atoms with Crippen molar-refractivity contribution in [3.63, 3.8) is 0 Å². The Hall–Kier alpha value is -4.10. The zero-order chi connectivity index (χ0) is 30.1. The Morgan fingerprint density at radius 3 is 2.41 bits per heavy atom. The van der Waals surface area contributed by atoms with E-state index in [4.69, 9.17) is 11.6 Å². The number of benzene rings is 2. The second-order valence-electron chi connectivity index (χ2n) is 9.99. The van der Waals surface area contributed by atoms with Crippen LogP contribution in [0.25, 0.3) is 5.70 Å². The summed E-state index contributed by atoms with van der Waals surface area (Å²) in [7, 11) is 1.79. The summed E-state index contributed by atoms with van der Waals surface area (Å²) in [6.07, 6.45) is -1.84. The molecule has 1 aliphatic heterocycles. The first-order chi connectivity index (χ1) is 19.3. The summed E-state index contributed by atoms with van der Waals surface area (Å²) in [6.45, 7) is 8.28. The highest BCUT2D eigenvalue weighted by Crippen LogP contribution is 2.37. The number of carbonyl (C=O) groups is 1. The van der Waals surface area contributed by atoms with Crippen LogP contribution in [0.2, 0.25) is 0 Å². The van der Waals surface area contributed by atoms with Crippen LogP contribution in [0, 0.1) is 19.7 Å². The van der Waals surface area contributed by atoms with Gasteiger partial charge in [-0.3, -0.25) is 14.5 Å². The standard InChI is InChI=1S/C28H34F4N8O/c1-5-38-8-10-39(11-9-38)25-13-19(12-22(26(25)29)28(30,31)32)27(41)36-20-7-6-17(2)24(14-20)40(34)16-23(33)21-15-35-37(4)18(21)3/h6-7,12-16H,5,8-11,33-34H2,1-4H3,(H,36,41)/b23-16-. The Kier molecular flexibility index (Phi) is 8.59. The van der Waals surface area contributed by atoms with Gasteiger partial charge >= 0.3 is 6.18 Å². The summed E-state index contributed by atoms with van der Waals surface area (Å²) in [5.41, 5.74) is 7.64. The lowest BCUT2D eigenvalue weighted by molar-refractivity contribution is -0.139. The van der Waals surface area contributed by atoms with E-state index in [1.807, 2.05) is 13.8 Å². The number of aryl methyl sites for hydroxylation is 2. The van der Waals surface area contributed by atoms with Crippen LogP contribution in [0.4, 0.5) is 34.6 Å². The van der Waals surface area contributed by atoms with Crippen molar-refractivity contribution in [1.29, 1.82) is 0 Å². The highest BCUT2D eigenvalue weighted by molar-refractivity contribution is 6.05.